The Bertz CT molecular complexity index is 706. The number of hydrogen-bond donors (Lipinski definition) is 3. The molecule has 0 aliphatic carbocycles. The Hall–Kier alpha value is -2.31. The maximum atomic E-state index is 11.8. The van der Waals surface area contributed by atoms with E-state index in [1.54, 1.807) is 12.1 Å². The minimum atomic E-state index is -0.891. The SMILES string of the molecule is Nc1ccc(NC(=O)C(=O)Nc2cccnc2Cl)c(Cl)c1. The van der Waals surface area contributed by atoms with Crippen LogP contribution >= 0.6 is 23.2 Å². The quantitative estimate of drug-likeness (QED) is 0.449. The minimum absolute atomic E-state index is 0.0872. The molecule has 6 nitrogen and oxygen atoms in total. The Balaban J connectivity index is 2.06. The molecule has 108 valence electrons. The van der Waals surface area contributed by atoms with Gasteiger partial charge < -0.3 is 16.4 Å². The van der Waals surface area contributed by atoms with Crippen LogP contribution in [0.4, 0.5) is 17.1 Å². The minimum Gasteiger partial charge on any atom is -0.399 e. The monoisotopic (exact) mass is 324 g/mol. The summed E-state index contributed by atoms with van der Waals surface area (Å²) >= 11 is 11.7. The summed E-state index contributed by atoms with van der Waals surface area (Å²) in [6.07, 6.45) is 1.46. The molecule has 0 radical (unpaired) electrons. The standard InChI is InChI=1S/C13H10Cl2N4O2/c14-8-6-7(16)3-4-9(8)18-12(20)13(21)19-10-2-1-5-17-11(10)15/h1-6H,16H2,(H,18,20)(H,19,21). The van der Waals surface area contributed by atoms with Crippen LogP contribution in [0.1, 0.15) is 0 Å². The Morgan fingerprint density at radius 3 is 2.33 bits per heavy atom. The van der Waals surface area contributed by atoms with Crippen molar-refractivity contribution in [2.75, 3.05) is 16.4 Å². The van der Waals surface area contributed by atoms with Crippen LogP contribution in [0.3, 0.4) is 0 Å². The highest BCUT2D eigenvalue weighted by molar-refractivity contribution is 6.45. The molecule has 8 heteroatoms. The van der Waals surface area contributed by atoms with Crippen molar-refractivity contribution < 1.29 is 9.59 Å². The van der Waals surface area contributed by atoms with Crippen molar-refractivity contribution in [3.63, 3.8) is 0 Å². The first-order valence-corrected chi connectivity index (χ1v) is 6.51. The van der Waals surface area contributed by atoms with Gasteiger partial charge in [-0.25, -0.2) is 4.98 Å². The lowest BCUT2D eigenvalue weighted by molar-refractivity contribution is -0.132. The van der Waals surface area contributed by atoms with Crippen LogP contribution in [0, 0.1) is 0 Å². The average Bonchev–Trinajstić information content (AvgIpc) is 2.44. The summed E-state index contributed by atoms with van der Waals surface area (Å²) in [4.78, 5) is 27.3. The molecule has 2 rings (SSSR count). The second kappa shape index (κ2) is 6.43. The molecular weight excluding hydrogens is 315 g/mol. The first-order chi connectivity index (χ1) is 9.97. The maximum absolute atomic E-state index is 11.8. The number of carbonyl (C=O) groups is 2. The van der Waals surface area contributed by atoms with Crippen molar-refractivity contribution in [2.24, 2.45) is 0 Å². The molecule has 1 heterocycles. The van der Waals surface area contributed by atoms with Gasteiger partial charge in [-0.05, 0) is 30.3 Å². The van der Waals surface area contributed by atoms with Gasteiger partial charge in [0.2, 0.25) is 0 Å². The predicted molar refractivity (Wildman–Crippen MR) is 82.4 cm³/mol. The third-order valence-electron chi connectivity index (χ3n) is 2.45. The van der Waals surface area contributed by atoms with Crippen LogP contribution in [-0.2, 0) is 9.59 Å². The topological polar surface area (TPSA) is 97.1 Å². The van der Waals surface area contributed by atoms with Gasteiger partial charge in [0.05, 0.1) is 16.4 Å². The number of aromatic nitrogens is 1. The van der Waals surface area contributed by atoms with Gasteiger partial charge in [-0.15, -0.1) is 0 Å². The number of nitrogens with one attached hydrogen (secondary N) is 2. The Kier molecular flexibility index (Phi) is 4.62. The molecule has 2 amide bonds. The van der Waals surface area contributed by atoms with Gasteiger partial charge in [0, 0.05) is 11.9 Å². The molecule has 1 aromatic carbocycles. The first kappa shape index (κ1) is 15.1. The van der Waals surface area contributed by atoms with Gasteiger partial charge >= 0.3 is 11.8 Å². The second-order valence-electron chi connectivity index (χ2n) is 3.99. The van der Waals surface area contributed by atoms with Crippen molar-refractivity contribution in [1.29, 1.82) is 0 Å². The van der Waals surface area contributed by atoms with E-state index in [2.05, 4.69) is 15.6 Å². The summed E-state index contributed by atoms with van der Waals surface area (Å²) in [5, 5.41) is 5.04. The molecule has 0 spiro atoms. The number of nitrogens with zero attached hydrogens (tertiary/aromatic N) is 1. The van der Waals surface area contributed by atoms with E-state index in [1.165, 1.54) is 24.4 Å². The lowest BCUT2D eigenvalue weighted by atomic mass is 10.3. The number of carbonyl (C=O) groups excluding carboxylic acids is 2. The second-order valence-corrected chi connectivity index (χ2v) is 4.75. The average molecular weight is 325 g/mol. The van der Waals surface area contributed by atoms with Crippen LogP contribution in [0.25, 0.3) is 0 Å². The zero-order valence-corrected chi connectivity index (χ0v) is 12.1. The van der Waals surface area contributed by atoms with E-state index in [-0.39, 0.29) is 21.6 Å². The zero-order chi connectivity index (χ0) is 15.4. The third kappa shape index (κ3) is 3.84. The number of nitrogens with two attached hydrogens (primary N) is 1. The van der Waals surface area contributed by atoms with E-state index in [0.717, 1.165) is 0 Å². The molecule has 0 aliphatic rings. The normalized spacial score (nSPS) is 10.0. The van der Waals surface area contributed by atoms with Crippen molar-refractivity contribution in [3.05, 3.63) is 46.7 Å². The largest absolute Gasteiger partial charge is 0.399 e. The van der Waals surface area contributed by atoms with Gasteiger partial charge in [-0.3, -0.25) is 9.59 Å². The van der Waals surface area contributed by atoms with Gasteiger partial charge in [0.15, 0.2) is 5.15 Å². The number of pyridine rings is 1. The van der Waals surface area contributed by atoms with Gasteiger partial charge in [0.1, 0.15) is 0 Å². The fraction of sp³-hybridized carbons (Fsp3) is 0. The van der Waals surface area contributed by atoms with E-state index in [0.29, 0.717) is 5.69 Å². The molecular formula is C13H10Cl2N4O2. The van der Waals surface area contributed by atoms with E-state index >= 15 is 0 Å². The maximum Gasteiger partial charge on any atom is 0.314 e. The Morgan fingerprint density at radius 2 is 1.71 bits per heavy atom. The number of hydrogen-bond acceptors (Lipinski definition) is 4. The van der Waals surface area contributed by atoms with Gasteiger partial charge in [-0.1, -0.05) is 23.2 Å². The van der Waals surface area contributed by atoms with Crippen LogP contribution in [0.2, 0.25) is 10.2 Å². The summed E-state index contributed by atoms with van der Waals surface area (Å²) in [7, 11) is 0. The molecule has 0 unspecified atom stereocenters. The fourth-order valence-corrected chi connectivity index (χ4v) is 1.87. The number of amides is 2. The van der Waals surface area contributed by atoms with Crippen LogP contribution in [0.15, 0.2) is 36.5 Å². The fourth-order valence-electron chi connectivity index (χ4n) is 1.47. The first-order valence-electron chi connectivity index (χ1n) is 5.75. The molecule has 2 aromatic rings. The van der Waals surface area contributed by atoms with Gasteiger partial charge in [0.25, 0.3) is 0 Å². The molecule has 0 fully saturated rings. The van der Waals surface area contributed by atoms with Crippen LogP contribution in [-0.4, -0.2) is 16.8 Å². The van der Waals surface area contributed by atoms with Crippen molar-refractivity contribution in [3.8, 4) is 0 Å². The Labute approximate surface area is 130 Å². The molecule has 0 atom stereocenters. The van der Waals surface area contributed by atoms with E-state index < -0.39 is 11.8 Å². The zero-order valence-electron chi connectivity index (χ0n) is 10.6. The highest BCUT2D eigenvalue weighted by Gasteiger charge is 2.16. The van der Waals surface area contributed by atoms with Crippen molar-refractivity contribution in [1.82, 2.24) is 4.98 Å². The summed E-state index contributed by atoms with van der Waals surface area (Å²) in [5.41, 5.74) is 6.51. The van der Waals surface area contributed by atoms with E-state index in [9.17, 15) is 9.59 Å². The molecule has 4 N–H and O–H groups in total. The summed E-state index contributed by atoms with van der Waals surface area (Å²) in [6, 6.07) is 7.62. The number of halogens is 2. The molecule has 21 heavy (non-hydrogen) atoms. The number of rotatable bonds is 2. The van der Waals surface area contributed by atoms with Crippen molar-refractivity contribution >= 4 is 52.1 Å². The summed E-state index contributed by atoms with van der Waals surface area (Å²) < 4.78 is 0. The van der Waals surface area contributed by atoms with Gasteiger partial charge in [-0.2, -0.15) is 0 Å². The summed E-state index contributed by atoms with van der Waals surface area (Å²) in [5.74, 6) is -1.78. The third-order valence-corrected chi connectivity index (χ3v) is 3.07. The molecule has 0 bridgehead atoms. The molecule has 0 aliphatic heterocycles. The number of nitrogen functional groups attached to an aromatic ring is 1. The van der Waals surface area contributed by atoms with Crippen molar-refractivity contribution in [2.45, 2.75) is 0 Å². The molecule has 0 saturated heterocycles. The van der Waals surface area contributed by atoms with E-state index in [1.807, 2.05) is 0 Å². The molecule has 1 aromatic heterocycles. The summed E-state index contributed by atoms with van der Waals surface area (Å²) in [6.45, 7) is 0. The Morgan fingerprint density at radius 1 is 1.05 bits per heavy atom. The number of benzene rings is 1. The highest BCUT2D eigenvalue weighted by Crippen LogP contribution is 2.24. The molecule has 0 saturated carbocycles. The smallest absolute Gasteiger partial charge is 0.314 e. The van der Waals surface area contributed by atoms with Crippen LogP contribution in [0.5, 0.6) is 0 Å². The number of anilines is 3. The lowest BCUT2D eigenvalue weighted by Crippen LogP contribution is -2.29. The predicted octanol–water partition coefficient (Wildman–Crippen LogP) is 2.55. The lowest BCUT2D eigenvalue weighted by Gasteiger charge is -2.08. The van der Waals surface area contributed by atoms with E-state index in [4.69, 9.17) is 28.9 Å². The van der Waals surface area contributed by atoms with Crippen LogP contribution < -0.4 is 16.4 Å². The highest BCUT2D eigenvalue weighted by atomic mass is 35.5.